The molecule has 0 radical (unpaired) electrons. The highest BCUT2D eigenvalue weighted by atomic mass is 32.2. The standard InChI is InChI=1S/C18H21NO2S/c1-14-7-6-10-17(15(14)2)21-12-11-19-18(20)13-22-16-8-4-3-5-9-16/h3-10H,11-13H2,1-2H3,(H,19,20). The number of carbonyl (C=O) groups is 1. The van der Waals surface area contributed by atoms with Crippen molar-refractivity contribution in [3.63, 3.8) is 0 Å². The molecular weight excluding hydrogens is 294 g/mol. The van der Waals surface area contributed by atoms with E-state index in [1.54, 1.807) is 0 Å². The van der Waals surface area contributed by atoms with E-state index in [4.69, 9.17) is 4.74 Å². The fraction of sp³-hybridized carbons (Fsp3) is 0.278. The van der Waals surface area contributed by atoms with Crippen LogP contribution in [-0.4, -0.2) is 24.8 Å². The van der Waals surface area contributed by atoms with Gasteiger partial charge in [0.15, 0.2) is 0 Å². The van der Waals surface area contributed by atoms with Gasteiger partial charge in [-0.2, -0.15) is 0 Å². The van der Waals surface area contributed by atoms with Gasteiger partial charge in [0.1, 0.15) is 12.4 Å². The fourth-order valence-corrected chi connectivity index (χ4v) is 2.70. The second kappa shape index (κ2) is 8.49. The maximum atomic E-state index is 11.8. The third-order valence-corrected chi connectivity index (χ3v) is 4.36. The first-order valence-electron chi connectivity index (χ1n) is 7.30. The van der Waals surface area contributed by atoms with Crippen molar-refractivity contribution in [1.29, 1.82) is 0 Å². The van der Waals surface area contributed by atoms with Crippen molar-refractivity contribution >= 4 is 17.7 Å². The van der Waals surface area contributed by atoms with Gasteiger partial charge in [-0.05, 0) is 43.2 Å². The van der Waals surface area contributed by atoms with Gasteiger partial charge in [0.2, 0.25) is 5.91 Å². The molecule has 2 aromatic rings. The van der Waals surface area contributed by atoms with Gasteiger partial charge < -0.3 is 10.1 Å². The van der Waals surface area contributed by atoms with Gasteiger partial charge in [-0.3, -0.25) is 4.79 Å². The minimum atomic E-state index is 0.0263. The van der Waals surface area contributed by atoms with E-state index in [0.29, 0.717) is 18.9 Å². The van der Waals surface area contributed by atoms with Gasteiger partial charge in [-0.1, -0.05) is 30.3 Å². The summed E-state index contributed by atoms with van der Waals surface area (Å²) in [5, 5.41) is 2.87. The molecule has 0 fully saturated rings. The Balaban J connectivity index is 1.66. The highest BCUT2D eigenvalue weighted by Crippen LogP contribution is 2.20. The molecule has 0 spiro atoms. The van der Waals surface area contributed by atoms with Crippen LogP contribution in [-0.2, 0) is 4.79 Å². The van der Waals surface area contributed by atoms with Crippen LogP contribution in [0.5, 0.6) is 5.75 Å². The Morgan fingerprint density at radius 1 is 1.09 bits per heavy atom. The zero-order valence-electron chi connectivity index (χ0n) is 13.0. The van der Waals surface area contributed by atoms with Gasteiger partial charge in [-0.25, -0.2) is 0 Å². The van der Waals surface area contributed by atoms with Gasteiger partial charge in [-0.15, -0.1) is 11.8 Å². The maximum absolute atomic E-state index is 11.8. The molecule has 0 aliphatic carbocycles. The Hall–Kier alpha value is -1.94. The molecule has 2 aromatic carbocycles. The fourth-order valence-electron chi connectivity index (χ4n) is 1.95. The third-order valence-electron chi connectivity index (χ3n) is 3.35. The van der Waals surface area contributed by atoms with E-state index in [1.807, 2.05) is 49.4 Å². The third kappa shape index (κ3) is 5.11. The number of ether oxygens (including phenoxy) is 1. The Bertz CT molecular complexity index is 614. The summed E-state index contributed by atoms with van der Waals surface area (Å²) in [5.74, 6) is 1.33. The largest absolute Gasteiger partial charge is 0.491 e. The molecule has 0 atom stereocenters. The quantitative estimate of drug-likeness (QED) is 0.627. The number of hydrogen-bond acceptors (Lipinski definition) is 3. The summed E-state index contributed by atoms with van der Waals surface area (Å²) in [6, 6.07) is 15.9. The number of benzene rings is 2. The van der Waals surface area contributed by atoms with Crippen LogP contribution in [0.15, 0.2) is 53.4 Å². The SMILES string of the molecule is Cc1cccc(OCCNC(=O)CSc2ccccc2)c1C. The average Bonchev–Trinajstić information content (AvgIpc) is 2.54. The predicted molar refractivity (Wildman–Crippen MR) is 91.6 cm³/mol. The van der Waals surface area contributed by atoms with Crippen LogP contribution in [0.4, 0.5) is 0 Å². The smallest absolute Gasteiger partial charge is 0.230 e. The van der Waals surface area contributed by atoms with Crippen molar-refractivity contribution in [2.75, 3.05) is 18.9 Å². The van der Waals surface area contributed by atoms with Crippen molar-refractivity contribution in [2.24, 2.45) is 0 Å². The molecule has 116 valence electrons. The van der Waals surface area contributed by atoms with Gasteiger partial charge in [0.05, 0.1) is 12.3 Å². The van der Waals surface area contributed by atoms with Crippen LogP contribution < -0.4 is 10.1 Å². The number of amides is 1. The summed E-state index contributed by atoms with van der Waals surface area (Å²) >= 11 is 1.53. The molecule has 0 aromatic heterocycles. The lowest BCUT2D eigenvalue weighted by Gasteiger charge is -2.11. The molecule has 3 nitrogen and oxygen atoms in total. The van der Waals surface area contributed by atoms with E-state index in [-0.39, 0.29) is 5.91 Å². The van der Waals surface area contributed by atoms with Gasteiger partial charge >= 0.3 is 0 Å². The van der Waals surface area contributed by atoms with Crippen LogP contribution in [0.1, 0.15) is 11.1 Å². The Morgan fingerprint density at radius 3 is 2.64 bits per heavy atom. The number of rotatable bonds is 7. The van der Waals surface area contributed by atoms with Crippen LogP contribution in [0.25, 0.3) is 0 Å². The van der Waals surface area contributed by atoms with Crippen LogP contribution in [0.2, 0.25) is 0 Å². The first kappa shape index (κ1) is 16.4. The number of hydrogen-bond donors (Lipinski definition) is 1. The molecule has 1 amide bonds. The van der Waals surface area contributed by atoms with Crippen molar-refractivity contribution in [1.82, 2.24) is 5.32 Å². The molecule has 0 heterocycles. The normalized spacial score (nSPS) is 10.3. The lowest BCUT2D eigenvalue weighted by Crippen LogP contribution is -2.29. The minimum Gasteiger partial charge on any atom is -0.491 e. The summed E-state index contributed by atoms with van der Waals surface area (Å²) in [4.78, 5) is 12.9. The molecular formula is C18H21NO2S. The Morgan fingerprint density at radius 2 is 1.86 bits per heavy atom. The molecule has 22 heavy (non-hydrogen) atoms. The zero-order valence-corrected chi connectivity index (χ0v) is 13.8. The monoisotopic (exact) mass is 315 g/mol. The lowest BCUT2D eigenvalue weighted by molar-refractivity contribution is -0.118. The highest BCUT2D eigenvalue weighted by Gasteiger charge is 2.04. The van der Waals surface area contributed by atoms with Crippen molar-refractivity contribution in [3.8, 4) is 5.75 Å². The van der Waals surface area contributed by atoms with E-state index in [1.165, 1.54) is 17.3 Å². The van der Waals surface area contributed by atoms with Crippen LogP contribution in [0.3, 0.4) is 0 Å². The second-order valence-electron chi connectivity index (χ2n) is 5.00. The molecule has 1 N–H and O–H groups in total. The molecule has 0 aliphatic rings. The first-order valence-corrected chi connectivity index (χ1v) is 8.29. The Kier molecular flexibility index (Phi) is 6.34. The molecule has 0 saturated heterocycles. The molecule has 0 unspecified atom stereocenters. The average molecular weight is 315 g/mol. The highest BCUT2D eigenvalue weighted by molar-refractivity contribution is 8.00. The summed E-state index contributed by atoms with van der Waals surface area (Å²) in [6.07, 6.45) is 0. The van der Waals surface area contributed by atoms with E-state index >= 15 is 0 Å². The summed E-state index contributed by atoms with van der Waals surface area (Å²) in [6.45, 7) is 5.10. The second-order valence-corrected chi connectivity index (χ2v) is 6.05. The van der Waals surface area contributed by atoms with Gasteiger partial charge in [0, 0.05) is 4.90 Å². The molecule has 2 rings (SSSR count). The summed E-state index contributed by atoms with van der Waals surface area (Å²) in [7, 11) is 0. The van der Waals surface area contributed by atoms with Crippen LogP contribution >= 0.6 is 11.8 Å². The van der Waals surface area contributed by atoms with Crippen LogP contribution in [0, 0.1) is 13.8 Å². The lowest BCUT2D eigenvalue weighted by atomic mass is 10.1. The van der Waals surface area contributed by atoms with Crippen molar-refractivity contribution in [2.45, 2.75) is 18.7 Å². The summed E-state index contributed by atoms with van der Waals surface area (Å²) < 4.78 is 5.71. The predicted octanol–water partition coefficient (Wildman–Crippen LogP) is 3.59. The summed E-state index contributed by atoms with van der Waals surface area (Å²) in [5.41, 5.74) is 2.36. The molecule has 4 heteroatoms. The van der Waals surface area contributed by atoms with Crippen molar-refractivity contribution < 1.29 is 9.53 Å². The van der Waals surface area contributed by atoms with Crippen molar-refractivity contribution in [3.05, 3.63) is 59.7 Å². The van der Waals surface area contributed by atoms with E-state index in [9.17, 15) is 4.79 Å². The Labute approximate surface area is 136 Å². The molecule has 0 saturated carbocycles. The zero-order chi connectivity index (χ0) is 15.8. The molecule has 0 aliphatic heterocycles. The topological polar surface area (TPSA) is 38.3 Å². The minimum absolute atomic E-state index is 0.0263. The van der Waals surface area contributed by atoms with Gasteiger partial charge in [0.25, 0.3) is 0 Å². The van der Waals surface area contributed by atoms with E-state index in [0.717, 1.165) is 16.2 Å². The van der Waals surface area contributed by atoms with E-state index in [2.05, 4.69) is 18.3 Å². The number of nitrogens with one attached hydrogen (secondary N) is 1. The number of thioether (sulfide) groups is 1. The number of aryl methyl sites for hydroxylation is 1. The number of carbonyl (C=O) groups excluding carboxylic acids is 1. The molecule has 0 bridgehead atoms. The first-order chi connectivity index (χ1) is 10.7. The maximum Gasteiger partial charge on any atom is 0.230 e. The van der Waals surface area contributed by atoms with E-state index < -0.39 is 0 Å².